The quantitative estimate of drug-likeness (QED) is 0.463. The number of amides is 2. The summed E-state index contributed by atoms with van der Waals surface area (Å²) in [5, 5.41) is 9.68. The number of carbonyl (C=O) groups excluding carboxylic acids is 2. The Morgan fingerprint density at radius 3 is 2.61 bits per heavy atom. The van der Waals surface area contributed by atoms with E-state index < -0.39 is 30.2 Å². The van der Waals surface area contributed by atoms with Gasteiger partial charge >= 0.3 is 0 Å². The fourth-order valence-electron chi connectivity index (χ4n) is 5.04. The maximum atomic E-state index is 13.8. The molecule has 4 atom stereocenters. The predicted octanol–water partition coefficient (Wildman–Crippen LogP) is 1.60. The van der Waals surface area contributed by atoms with Gasteiger partial charge in [0.15, 0.2) is 0 Å². The van der Waals surface area contributed by atoms with Crippen LogP contribution < -0.4 is 16.4 Å². The number of rotatable bonds is 7. The molecule has 11 nitrogen and oxygen atoms in total. The molecule has 2 fully saturated rings. The number of anilines is 1. The molecular weight excluding hydrogens is 491 g/mol. The summed E-state index contributed by atoms with van der Waals surface area (Å²) < 4.78 is 13.8. The third-order valence-corrected chi connectivity index (χ3v) is 7.20. The predicted molar refractivity (Wildman–Crippen MR) is 143 cm³/mol. The molecule has 0 bridgehead atoms. The molecular formula is C26H35FN8O3. The van der Waals surface area contributed by atoms with Crippen LogP contribution in [0.4, 0.5) is 10.1 Å². The third-order valence-electron chi connectivity index (χ3n) is 7.20. The number of hydrogen-bond acceptors (Lipinski definition) is 8. The first-order valence-corrected chi connectivity index (χ1v) is 12.8. The van der Waals surface area contributed by atoms with Gasteiger partial charge in [0.05, 0.1) is 29.6 Å². The maximum absolute atomic E-state index is 13.8. The number of benzene rings is 1. The molecule has 4 unspecified atom stereocenters. The SMILES string of the molecule is Cc1cc(C(=O)N2CCN(C)CC2)ccc1-c1ccncc1NC(=O)C(C(C)N)C1NCC(F)CN1N=O. The molecule has 2 aliphatic heterocycles. The van der Waals surface area contributed by atoms with Crippen molar-refractivity contribution in [3.05, 3.63) is 52.7 Å². The number of nitrogens with one attached hydrogen (secondary N) is 2. The molecule has 0 spiro atoms. The molecule has 2 saturated heterocycles. The van der Waals surface area contributed by atoms with Crippen molar-refractivity contribution in [1.29, 1.82) is 0 Å². The van der Waals surface area contributed by atoms with Gasteiger partial charge in [-0.2, -0.15) is 0 Å². The van der Waals surface area contributed by atoms with E-state index in [1.807, 2.05) is 31.0 Å². The largest absolute Gasteiger partial charge is 0.336 e. The van der Waals surface area contributed by atoms with Gasteiger partial charge in [-0.1, -0.05) is 6.07 Å². The van der Waals surface area contributed by atoms with Crippen LogP contribution in [-0.4, -0.2) is 96.3 Å². The Labute approximate surface area is 221 Å². The number of pyridine rings is 1. The molecule has 0 aliphatic carbocycles. The standard InChI is InChI=1S/C26H35FN8O3/c1-16-12-18(26(37)34-10-8-33(3)9-11-34)4-5-20(16)21-6-7-29-14-22(21)31-25(36)23(17(2)28)24-30-13-19(27)15-35(24)32-38/h4-7,12,14,17,19,23-24,30H,8-11,13,15,28H2,1-3H3,(H,31,36). The number of hydrogen-bond donors (Lipinski definition) is 3. The summed E-state index contributed by atoms with van der Waals surface area (Å²) in [6, 6.07) is 6.66. The lowest BCUT2D eigenvalue weighted by atomic mass is 9.94. The molecule has 2 amide bonds. The van der Waals surface area contributed by atoms with E-state index in [1.165, 1.54) is 6.20 Å². The van der Waals surface area contributed by atoms with Crippen LogP contribution in [0.15, 0.2) is 41.9 Å². The zero-order valence-corrected chi connectivity index (χ0v) is 21.9. The number of alkyl halides is 1. The van der Waals surface area contributed by atoms with Crippen molar-refractivity contribution in [3.8, 4) is 11.1 Å². The van der Waals surface area contributed by atoms with Gasteiger partial charge in [0.1, 0.15) is 12.3 Å². The summed E-state index contributed by atoms with van der Waals surface area (Å²) >= 11 is 0. The number of likely N-dealkylation sites (N-methyl/N-ethyl adjacent to an activating group) is 1. The fourth-order valence-corrected chi connectivity index (χ4v) is 5.04. The molecule has 1 aromatic heterocycles. The topological polar surface area (TPSA) is 136 Å². The molecule has 0 radical (unpaired) electrons. The summed E-state index contributed by atoms with van der Waals surface area (Å²) in [6.07, 6.45) is 1.04. The number of piperazine rings is 1. The average Bonchev–Trinajstić information content (AvgIpc) is 2.90. The van der Waals surface area contributed by atoms with Crippen LogP contribution in [-0.2, 0) is 4.79 Å². The molecule has 4 N–H and O–H groups in total. The molecule has 38 heavy (non-hydrogen) atoms. The number of nitrogens with two attached hydrogens (primary N) is 1. The summed E-state index contributed by atoms with van der Waals surface area (Å²) in [6.45, 7) is 6.42. The van der Waals surface area contributed by atoms with E-state index in [0.717, 1.165) is 34.8 Å². The van der Waals surface area contributed by atoms with Crippen molar-refractivity contribution in [1.82, 2.24) is 25.1 Å². The van der Waals surface area contributed by atoms with Gasteiger partial charge < -0.3 is 20.9 Å². The maximum Gasteiger partial charge on any atom is 0.253 e. The molecule has 2 aromatic rings. The van der Waals surface area contributed by atoms with E-state index in [-0.39, 0.29) is 19.0 Å². The van der Waals surface area contributed by atoms with Gasteiger partial charge in [-0.25, -0.2) is 9.40 Å². The molecule has 0 saturated carbocycles. The normalized spacial score (nSPS) is 22.0. The van der Waals surface area contributed by atoms with Gasteiger partial charge in [-0.3, -0.25) is 19.9 Å². The zero-order valence-electron chi connectivity index (χ0n) is 21.9. The molecule has 3 heterocycles. The van der Waals surface area contributed by atoms with Crippen molar-refractivity contribution in [2.75, 3.05) is 51.6 Å². The van der Waals surface area contributed by atoms with E-state index in [9.17, 15) is 18.9 Å². The minimum absolute atomic E-state index is 0.000350. The Morgan fingerprint density at radius 1 is 1.21 bits per heavy atom. The Morgan fingerprint density at radius 2 is 1.95 bits per heavy atom. The van der Waals surface area contributed by atoms with E-state index >= 15 is 0 Å². The lowest BCUT2D eigenvalue weighted by molar-refractivity contribution is -0.124. The van der Waals surface area contributed by atoms with E-state index in [0.29, 0.717) is 24.3 Å². The van der Waals surface area contributed by atoms with Gasteiger partial charge in [0.2, 0.25) is 5.91 Å². The van der Waals surface area contributed by atoms with E-state index in [1.54, 1.807) is 25.3 Å². The summed E-state index contributed by atoms with van der Waals surface area (Å²) in [5.74, 6) is -1.34. The fraction of sp³-hybridized carbons (Fsp3) is 0.500. The first-order valence-electron chi connectivity index (χ1n) is 12.8. The summed E-state index contributed by atoms with van der Waals surface area (Å²) in [4.78, 5) is 46.1. The van der Waals surface area contributed by atoms with Gasteiger partial charge in [-0.15, -0.1) is 4.91 Å². The second kappa shape index (κ2) is 11.9. The van der Waals surface area contributed by atoms with E-state index in [4.69, 9.17) is 5.73 Å². The number of nitrogens with zero attached hydrogens (tertiary/aromatic N) is 5. The Balaban J connectivity index is 1.56. The molecule has 12 heteroatoms. The smallest absolute Gasteiger partial charge is 0.253 e. The Bertz CT molecular complexity index is 1170. The third kappa shape index (κ3) is 5.98. The van der Waals surface area contributed by atoms with Crippen LogP contribution in [0.25, 0.3) is 11.1 Å². The minimum atomic E-state index is -1.28. The van der Waals surface area contributed by atoms with Gasteiger partial charge in [-0.05, 0) is 50.2 Å². The second-order valence-electron chi connectivity index (χ2n) is 10.1. The summed E-state index contributed by atoms with van der Waals surface area (Å²) in [5.41, 5.74) is 9.64. The van der Waals surface area contributed by atoms with Gasteiger partial charge in [0, 0.05) is 56.1 Å². The summed E-state index contributed by atoms with van der Waals surface area (Å²) in [7, 11) is 2.04. The van der Waals surface area contributed by atoms with Crippen LogP contribution in [0, 0.1) is 17.7 Å². The molecule has 4 rings (SSSR count). The monoisotopic (exact) mass is 526 g/mol. The van der Waals surface area contributed by atoms with Crippen LogP contribution in [0.2, 0.25) is 0 Å². The number of nitroso groups, excluding NO2 is 1. The van der Waals surface area contributed by atoms with Crippen molar-refractivity contribution < 1.29 is 14.0 Å². The first-order chi connectivity index (χ1) is 18.2. The van der Waals surface area contributed by atoms with Crippen LogP contribution in [0.3, 0.4) is 0 Å². The molecule has 204 valence electrons. The van der Waals surface area contributed by atoms with Crippen LogP contribution in [0.1, 0.15) is 22.8 Å². The lowest BCUT2D eigenvalue weighted by Gasteiger charge is -2.39. The van der Waals surface area contributed by atoms with Crippen molar-refractivity contribution in [3.63, 3.8) is 0 Å². The highest BCUT2D eigenvalue weighted by atomic mass is 19.1. The number of aromatic nitrogens is 1. The Kier molecular flexibility index (Phi) is 8.65. The minimum Gasteiger partial charge on any atom is -0.336 e. The van der Waals surface area contributed by atoms with E-state index in [2.05, 4.69) is 25.8 Å². The van der Waals surface area contributed by atoms with Crippen molar-refractivity contribution in [2.24, 2.45) is 16.9 Å². The molecule has 1 aromatic carbocycles. The highest BCUT2D eigenvalue weighted by Crippen LogP contribution is 2.31. The number of aryl methyl sites for hydroxylation is 1. The molecule has 2 aliphatic rings. The highest BCUT2D eigenvalue weighted by molar-refractivity contribution is 5.99. The zero-order chi connectivity index (χ0) is 27.4. The lowest BCUT2D eigenvalue weighted by Crippen LogP contribution is -2.62. The first kappa shape index (κ1) is 27.6. The van der Waals surface area contributed by atoms with Crippen LogP contribution in [0.5, 0.6) is 0 Å². The van der Waals surface area contributed by atoms with Crippen LogP contribution >= 0.6 is 0 Å². The number of carbonyl (C=O) groups is 2. The van der Waals surface area contributed by atoms with Crippen molar-refractivity contribution >= 4 is 17.5 Å². The number of halogens is 1. The second-order valence-corrected chi connectivity index (χ2v) is 10.1. The average molecular weight is 527 g/mol. The Hall–Kier alpha value is -3.48. The van der Waals surface area contributed by atoms with Gasteiger partial charge in [0.25, 0.3) is 5.91 Å². The highest BCUT2D eigenvalue weighted by Gasteiger charge is 2.40. The van der Waals surface area contributed by atoms with Crippen molar-refractivity contribution in [2.45, 2.75) is 32.2 Å².